The number of allylic oxidation sites excluding steroid dienone is 4. The molecule has 136 valence electrons. The minimum atomic E-state index is -4.25. The fourth-order valence-electron chi connectivity index (χ4n) is 3.16. The van der Waals surface area contributed by atoms with Gasteiger partial charge in [-0.1, -0.05) is 30.4 Å². The highest BCUT2D eigenvalue weighted by molar-refractivity contribution is 5.52. The van der Waals surface area contributed by atoms with Gasteiger partial charge in [-0.15, -0.1) is 0 Å². The number of ether oxygens (including phenoxy) is 1. The standard InChI is InChI=1S/C19H18F3N3O/c20-19(21,22)12-23-15-7-6-14-10-25-16(11-26-18(14)8-15)9-17(24-25)13-4-2-1-3-5-13/h1-4,6-9,13,23H,5,10-12H2. The van der Waals surface area contributed by atoms with Gasteiger partial charge in [0.1, 0.15) is 18.9 Å². The van der Waals surface area contributed by atoms with Crippen molar-refractivity contribution in [1.29, 1.82) is 0 Å². The second kappa shape index (κ2) is 6.55. The van der Waals surface area contributed by atoms with Gasteiger partial charge in [0, 0.05) is 23.2 Å². The van der Waals surface area contributed by atoms with Crippen LogP contribution in [0.25, 0.3) is 0 Å². The number of alkyl halides is 3. The first-order valence-electron chi connectivity index (χ1n) is 8.44. The molecular formula is C19H18F3N3O. The molecule has 0 saturated carbocycles. The van der Waals surface area contributed by atoms with Crippen LogP contribution in [-0.2, 0) is 13.2 Å². The third kappa shape index (κ3) is 3.61. The van der Waals surface area contributed by atoms with Crippen LogP contribution >= 0.6 is 0 Å². The van der Waals surface area contributed by atoms with Gasteiger partial charge in [-0.05, 0) is 18.6 Å². The average molecular weight is 361 g/mol. The molecule has 2 aliphatic rings. The van der Waals surface area contributed by atoms with Crippen LogP contribution in [0, 0.1) is 0 Å². The summed E-state index contributed by atoms with van der Waals surface area (Å²) in [4.78, 5) is 0. The molecule has 7 heteroatoms. The van der Waals surface area contributed by atoms with Crippen molar-refractivity contribution >= 4 is 5.69 Å². The van der Waals surface area contributed by atoms with Gasteiger partial charge in [-0.2, -0.15) is 18.3 Å². The van der Waals surface area contributed by atoms with Crippen LogP contribution in [0.2, 0.25) is 0 Å². The van der Waals surface area contributed by atoms with Crippen molar-refractivity contribution in [1.82, 2.24) is 9.78 Å². The number of rotatable bonds is 3. The SMILES string of the molecule is FC(F)(F)CNc1ccc2c(c1)OCc1cc(C3C=CC=CC3)nn1C2. The zero-order valence-corrected chi connectivity index (χ0v) is 14.0. The molecule has 26 heavy (non-hydrogen) atoms. The Morgan fingerprint density at radius 3 is 2.88 bits per heavy atom. The molecule has 4 nitrogen and oxygen atoms in total. The molecule has 0 radical (unpaired) electrons. The second-order valence-electron chi connectivity index (χ2n) is 6.45. The molecule has 1 aliphatic carbocycles. The van der Waals surface area contributed by atoms with E-state index in [0.29, 0.717) is 24.6 Å². The molecule has 1 aliphatic heterocycles. The first-order chi connectivity index (χ1) is 12.5. The van der Waals surface area contributed by atoms with E-state index in [1.54, 1.807) is 18.2 Å². The molecule has 1 unspecified atom stereocenters. The average Bonchev–Trinajstić information content (AvgIpc) is 2.95. The van der Waals surface area contributed by atoms with Gasteiger partial charge in [0.15, 0.2) is 0 Å². The van der Waals surface area contributed by atoms with Crippen LogP contribution in [0.1, 0.15) is 29.3 Å². The normalized spacial score (nSPS) is 18.7. The predicted molar refractivity (Wildman–Crippen MR) is 92.3 cm³/mol. The molecule has 1 aromatic carbocycles. The lowest BCUT2D eigenvalue weighted by molar-refractivity contribution is -0.115. The van der Waals surface area contributed by atoms with Gasteiger partial charge < -0.3 is 10.1 Å². The van der Waals surface area contributed by atoms with Crippen molar-refractivity contribution in [3.8, 4) is 5.75 Å². The Morgan fingerprint density at radius 1 is 1.23 bits per heavy atom. The number of hydrogen-bond acceptors (Lipinski definition) is 3. The van der Waals surface area contributed by atoms with Crippen LogP contribution in [-0.4, -0.2) is 22.5 Å². The maximum absolute atomic E-state index is 12.4. The van der Waals surface area contributed by atoms with Crippen molar-refractivity contribution in [2.24, 2.45) is 0 Å². The Kier molecular flexibility index (Phi) is 4.22. The van der Waals surface area contributed by atoms with Crippen molar-refractivity contribution in [3.05, 3.63) is 65.5 Å². The number of halogens is 3. The smallest absolute Gasteiger partial charge is 0.405 e. The van der Waals surface area contributed by atoms with E-state index in [2.05, 4.69) is 17.5 Å². The first kappa shape index (κ1) is 16.8. The number of nitrogens with zero attached hydrogens (tertiary/aromatic N) is 2. The predicted octanol–water partition coefficient (Wildman–Crippen LogP) is 4.40. The van der Waals surface area contributed by atoms with Crippen LogP contribution in [0.15, 0.2) is 48.6 Å². The topological polar surface area (TPSA) is 39.1 Å². The number of hydrogen-bond donors (Lipinski definition) is 1. The lowest BCUT2D eigenvalue weighted by Gasteiger charge is -2.13. The number of fused-ring (bicyclic) bond motifs is 2. The molecule has 0 saturated heterocycles. The lowest BCUT2D eigenvalue weighted by Crippen LogP contribution is -2.21. The Balaban J connectivity index is 1.52. The van der Waals surface area contributed by atoms with E-state index in [1.165, 1.54) is 0 Å². The Hall–Kier alpha value is -2.70. The van der Waals surface area contributed by atoms with E-state index in [1.807, 2.05) is 22.9 Å². The van der Waals surface area contributed by atoms with Crippen LogP contribution in [0.4, 0.5) is 18.9 Å². The molecule has 0 bridgehead atoms. The quantitative estimate of drug-likeness (QED) is 0.881. The van der Waals surface area contributed by atoms with E-state index in [-0.39, 0.29) is 5.92 Å². The van der Waals surface area contributed by atoms with E-state index < -0.39 is 12.7 Å². The molecule has 4 rings (SSSR count). The monoisotopic (exact) mass is 361 g/mol. The fourth-order valence-corrected chi connectivity index (χ4v) is 3.16. The minimum Gasteiger partial charge on any atom is -0.487 e. The number of aromatic nitrogens is 2. The Morgan fingerprint density at radius 2 is 2.12 bits per heavy atom. The summed E-state index contributed by atoms with van der Waals surface area (Å²) in [5.41, 5.74) is 3.26. The highest BCUT2D eigenvalue weighted by Crippen LogP contribution is 2.31. The summed E-state index contributed by atoms with van der Waals surface area (Å²) < 4.78 is 44.8. The third-order valence-corrected chi connectivity index (χ3v) is 4.50. The third-order valence-electron chi connectivity index (χ3n) is 4.50. The Bertz CT molecular complexity index is 867. The van der Waals surface area contributed by atoms with Crippen LogP contribution in [0.5, 0.6) is 5.75 Å². The van der Waals surface area contributed by atoms with Crippen molar-refractivity contribution in [2.45, 2.75) is 31.7 Å². The van der Waals surface area contributed by atoms with Gasteiger partial charge in [0.2, 0.25) is 0 Å². The molecule has 0 fully saturated rings. The molecule has 2 heterocycles. The zero-order chi connectivity index (χ0) is 18.1. The molecule has 0 amide bonds. The highest BCUT2D eigenvalue weighted by atomic mass is 19.4. The van der Waals surface area contributed by atoms with E-state index in [4.69, 9.17) is 9.84 Å². The van der Waals surface area contributed by atoms with Gasteiger partial charge in [0.25, 0.3) is 0 Å². The zero-order valence-electron chi connectivity index (χ0n) is 14.0. The first-order valence-corrected chi connectivity index (χ1v) is 8.44. The van der Waals surface area contributed by atoms with Crippen molar-refractivity contribution < 1.29 is 17.9 Å². The van der Waals surface area contributed by atoms with E-state index in [9.17, 15) is 13.2 Å². The molecule has 2 aromatic rings. The summed E-state index contributed by atoms with van der Waals surface area (Å²) in [6, 6.07) is 7.08. The highest BCUT2D eigenvalue weighted by Gasteiger charge is 2.27. The van der Waals surface area contributed by atoms with E-state index in [0.717, 1.165) is 23.4 Å². The van der Waals surface area contributed by atoms with Crippen LogP contribution in [0.3, 0.4) is 0 Å². The van der Waals surface area contributed by atoms with Gasteiger partial charge in [0.05, 0.1) is 17.9 Å². The maximum Gasteiger partial charge on any atom is 0.405 e. The Labute approximate surface area is 149 Å². The summed E-state index contributed by atoms with van der Waals surface area (Å²) in [5, 5.41) is 7.09. The number of nitrogens with one attached hydrogen (secondary N) is 1. The van der Waals surface area contributed by atoms with Crippen molar-refractivity contribution in [3.63, 3.8) is 0 Å². The second-order valence-corrected chi connectivity index (χ2v) is 6.45. The molecule has 1 aromatic heterocycles. The molecule has 1 N–H and O–H groups in total. The molecule has 1 atom stereocenters. The summed E-state index contributed by atoms with van der Waals surface area (Å²) >= 11 is 0. The maximum atomic E-state index is 12.4. The lowest BCUT2D eigenvalue weighted by atomic mass is 9.97. The summed E-state index contributed by atoms with van der Waals surface area (Å²) in [6.45, 7) is -0.189. The van der Waals surface area contributed by atoms with Gasteiger partial charge in [-0.25, -0.2) is 0 Å². The van der Waals surface area contributed by atoms with Crippen molar-refractivity contribution in [2.75, 3.05) is 11.9 Å². The van der Waals surface area contributed by atoms with Crippen LogP contribution < -0.4 is 10.1 Å². The molecular weight excluding hydrogens is 343 g/mol. The summed E-state index contributed by atoms with van der Waals surface area (Å²) in [7, 11) is 0. The largest absolute Gasteiger partial charge is 0.487 e. The van der Waals surface area contributed by atoms with E-state index >= 15 is 0 Å². The fraction of sp³-hybridized carbons (Fsp3) is 0.316. The molecule has 0 spiro atoms. The summed E-state index contributed by atoms with van der Waals surface area (Å²) in [6.07, 6.45) is 4.99. The number of benzene rings is 1. The van der Waals surface area contributed by atoms with Gasteiger partial charge in [-0.3, -0.25) is 4.68 Å². The van der Waals surface area contributed by atoms with Gasteiger partial charge >= 0.3 is 6.18 Å². The minimum absolute atomic E-state index is 0.271. The summed E-state index contributed by atoms with van der Waals surface area (Å²) in [5.74, 6) is 0.859. The number of anilines is 1.